The van der Waals surface area contributed by atoms with Crippen molar-refractivity contribution in [1.82, 2.24) is 14.6 Å². The Morgan fingerprint density at radius 1 is 1.37 bits per heavy atom. The second kappa shape index (κ2) is 6.58. The van der Waals surface area contributed by atoms with E-state index < -0.39 is 6.10 Å². The third kappa shape index (κ3) is 3.27. The molecule has 2 heterocycles. The van der Waals surface area contributed by atoms with Gasteiger partial charge < -0.3 is 9.84 Å². The summed E-state index contributed by atoms with van der Waals surface area (Å²) < 4.78 is 9.41. The van der Waals surface area contributed by atoms with Crippen LogP contribution in [0.15, 0.2) is 18.5 Å². The van der Waals surface area contributed by atoms with Crippen molar-refractivity contribution in [3.8, 4) is 5.75 Å². The van der Waals surface area contributed by atoms with E-state index in [1.807, 2.05) is 19.9 Å². The van der Waals surface area contributed by atoms with E-state index in [1.54, 1.807) is 12.4 Å². The number of nitrogens with zero attached hydrogens (tertiary/aromatic N) is 3. The zero-order valence-electron chi connectivity index (χ0n) is 11.0. The van der Waals surface area contributed by atoms with Crippen LogP contribution in [0.1, 0.15) is 42.5 Å². The maximum absolute atomic E-state index is 10.4. The van der Waals surface area contributed by atoms with Crippen LogP contribution >= 0.6 is 11.5 Å². The van der Waals surface area contributed by atoms with Crippen LogP contribution in [0.2, 0.25) is 0 Å². The van der Waals surface area contributed by atoms with Crippen molar-refractivity contribution in [2.45, 2.75) is 32.8 Å². The first-order valence-corrected chi connectivity index (χ1v) is 7.10. The van der Waals surface area contributed by atoms with E-state index in [0.717, 1.165) is 23.4 Å². The van der Waals surface area contributed by atoms with Gasteiger partial charge in [0.25, 0.3) is 0 Å². The van der Waals surface area contributed by atoms with Crippen molar-refractivity contribution >= 4 is 11.5 Å². The zero-order chi connectivity index (χ0) is 13.7. The number of aromatic nitrogens is 3. The summed E-state index contributed by atoms with van der Waals surface area (Å²) in [4.78, 5) is 4.88. The molecule has 2 rings (SSSR count). The molecule has 0 saturated carbocycles. The second-order valence-electron chi connectivity index (χ2n) is 4.14. The Hall–Kier alpha value is -1.53. The minimum Gasteiger partial charge on any atom is -0.492 e. The summed E-state index contributed by atoms with van der Waals surface area (Å²) in [6.07, 6.45) is 4.24. The lowest BCUT2D eigenvalue weighted by Crippen LogP contribution is -2.03. The van der Waals surface area contributed by atoms with Crippen LogP contribution in [0.3, 0.4) is 0 Å². The molecule has 1 atom stereocenters. The van der Waals surface area contributed by atoms with Gasteiger partial charge in [0.2, 0.25) is 0 Å². The van der Waals surface area contributed by atoms with Crippen LogP contribution in [0.25, 0.3) is 0 Å². The molecule has 5 nitrogen and oxygen atoms in total. The van der Waals surface area contributed by atoms with Crippen molar-refractivity contribution in [3.05, 3.63) is 34.6 Å². The molecule has 6 heteroatoms. The Kier molecular flexibility index (Phi) is 4.81. The summed E-state index contributed by atoms with van der Waals surface area (Å²) >= 11 is 1.22. The Bertz CT molecular complexity index is 530. The average molecular weight is 279 g/mol. The minimum absolute atomic E-state index is 0.642. The lowest BCUT2D eigenvalue weighted by atomic mass is 10.1. The monoisotopic (exact) mass is 279 g/mol. The van der Waals surface area contributed by atoms with Gasteiger partial charge >= 0.3 is 0 Å². The summed E-state index contributed by atoms with van der Waals surface area (Å²) in [5.41, 5.74) is 1.53. The van der Waals surface area contributed by atoms with Gasteiger partial charge in [0, 0.05) is 11.8 Å². The fourth-order valence-corrected chi connectivity index (χ4v) is 2.46. The third-order valence-electron chi connectivity index (χ3n) is 2.69. The van der Waals surface area contributed by atoms with Crippen LogP contribution in [0.5, 0.6) is 5.75 Å². The van der Waals surface area contributed by atoms with Crippen LogP contribution < -0.4 is 4.74 Å². The van der Waals surface area contributed by atoms with Gasteiger partial charge in [-0.2, -0.15) is 0 Å². The lowest BCUT2D eigenvalue weighted by Gasteiger charge is -2.11. The van der Waals surface area contributed by atoms with Crippen molar-refractivity contribution in [3.63, 3.8) is 0 Å². The second-order valence-corrected chi connectivity index (χ2v) is 4.93. The highest BCUT2D eigenvalue weighted by atomic mass is 32.1. The predicted octanol–water partition coefficient (Wildman–Crippen LogP) is 2.37. The first-order chi connectivity index (χ1) is 9.26. The first-order valence-electron chi connectivity index (χ1n) is 6.33. The maximum atomic E-state index is 10.4. The standard InChI is InChI=1S/C13H17N3O2S/c1-3-5-18-10-6-9(7-14-8-10)12(17)13-11(4-2)15-16-19-13/h6-8,12,17H,3-5H2,1-2H3. The van der Waals surface area contributed by atoms with Gasteiger partial charge in [0.1, 0.15) is 11.9 Å². The van der Waals surface area contributed by atoms with Gasteiger partial charge in [-0.15, -0.1) is 5.10 Å². The SMILES string of the molecule is CCCOc1cncc(C(O)c2snnc2CC)c1. The molecule has 0 saturated heterocycles. The average Bonchev–Trinajstić information content (AvgIpc) is 2.93. The van der Waals surface area contributed by atoms with E-state index in [-0.39, 0.29) is 0 Å². The molecular weight excluding hydrogens is 262 g/mol. The molecule has 0 aliphatic carbocycles. The van der Waals surface area contributed by atoms with E-state index in [9.17, 15) is 5.11 Å². The normalized spacial score (nSPS) is 12.4. The largest absolute Gasteiger partial charge is 0.492 e. The summed E-state index contributed by atoms with van der Waals surface area (Å²) in [5.74, 6) is 0.675. The topological polar surface area (TPSA) is 68.1 Å². The van der Waals surface area contributed by atoms with Gasteiger partial charge in [-0.25, -0.2) is 0 Å². The number of pyridine rings is 1. The number of aryl methyl sites for hydroxylation is 1. The van der Waals surface area contributed by atoms with Crippen LogP contribution in [-0.2, 0) is 6.42 Å². The number of aliphatic hydroxyl groups is 1. The number of ether oxygens (including phenoxy) is 1. The predicted molar refractivity (Wildman–Crippen MR) is 73.4 cm³/mol. The van der Waals surface area contributed by atoms with E-state index in [1.165, 1.54) is 11.5 Å². The molecule has 0 aromatic carbocycles. The maximum Gasteiger partial charge on any atom is 0.137 e. The van der Waals surface area contributed by atoms with Crippen LogP contribution in [-0.4, -0.2) is 26.3 Å². The van der Waals surface area contributed by atoms with Crippen LogP contribution in [0, 0.1) is 0 Å². The number of rotatable bonds is 6. The van der Waals surface area contributed by atoms with Crippen molar-refractivity contribution in [1.29, 1.82) is 0 Å². The third-order valence-corrected chi connectivity index (χ3v) is 3.51. The molecule has 0 amide bonds. The highest BCUT2D eigenvalue weighted by Crippen LogP contribution is 2.28. The van der Waals surface area contributed by atoms with Gasteiger partial charge in [0.15, 0.2) is 0 Å². The number of aliphatic hydroxyl groups excluding tert-OH is 1. The quantitative estimate of drug-likeness (QED) is 0.879. The van der Waals surface area contributed by atoms with Crippen LogP contribution in [0.4, 0.5) is 0 Å². The summed E-state index contributed by atoms with van der Waals surface area (Å²) in [6, 6.07) is 1.81. The molecule has 0 fully saturated rings. The molecule has 0 bridgehead atoms. The minimum atomic E-state index is -0.743. The van der Waals surface area contributed by atoms with Gasteiger partial charge in [-0.05, 0) is 30.4 Å². The highest BCUT2D eigenvalue weighted by Gasteiger charge is 2.18. The molecule has 1 unspecified atom stereocenters. The Labute approximate surface area is 116 Å². The molecular formula is C13H17N3O2S. The molecule has 0 aliphatic heterocycles. The number of hydrogen-bond acceptors (Lipinski definition) is 6. The van der Waals surface area contributed by atoms with Gasteiger partial charge in [-0.1, -0.05) is 18.3 Å². The zero-order valence-corrected chi connectivity index (χ0v) is 11.9. The van der Waals surface area contributed by atoms with Crippen molar-refractivity contribution in [2.75, 3.05) is 6.61 Å². The fourth-order valence-electron chi connectivity index (χ4n) is 1.70. The van der Waals surface area contributed by atoms with E-state index >= 15 is 0 Å². The molecule has 2 aromatic rings. The number of hydrogen-bond donors (Lipinski definition) is 1. The summed E-state index contributed by atoms with van der Waals surface area (Å²) in [7, 11) is 0. The Morgan fingerprint density at radius 3 is 2.95 bits per heavy atom. The summed E-state index contributed by atoms with van der Waals surface area (Å²) in [5, 5.41) is 14.4. The fraction of sp³-hybridized carbons (Fsp3) is 0.462. The van der Waals surface area contributed by atoms with Gasteiger partial charge in [-0.3, -0.25) is 4.98 Å². The molecule has 19 heavy (non-hydrogen) atoms. The molecule has 1 N–H and O–H groups in total. The molecule has 2 aromatic heterocycles. The van der Waals surface area contributed by atoms with E-state index in [2.05, 4.69) is 14.6 Å². The van der Waals surface area contributed by atoms with E-state index in [0.29, 0.717) is 17.9 Å². The molecule has 0 spiro atoms. The molecule has 0 aliphatic rings. The Morgan fingerprint density at radius 2 is 2.21 bits per heavy atom. The van der Waals surface area contributed by atoms with Crippen molar-refractivity contribution in [2.24, 2.45) is 0 Å². The Balaban J connectivity index is 2.21. The summed E-state index contributed by atoms with van der Waals surface area (Å²) in [6.45, 7) is 4.68. The molecule has 102 valence electrons. The van der Waals surface area contributed by atoms with Crippen molar-refractivity contribution < 1.29 is 9.84 Å². The molecule has 0 radical (unpaired) electrons. The smallest absolute Gasteiger partial charge is 0.137 e. The van der Waals surface area contributed by atoms with E-state index in [4.69, 9.17) is 4.74 Å². The van der Waals surface area contributed by atoms with Gasteiger partial charge in [0.05, 0.1) is 23.4 Å². The highest BCUT2D eigenvalue weighted by molar-refractivity contribution is 7.05. The lowest BCUT2D eigenvalue weighted by molar-refractivity contribution is 0.221. The first kappa shape index (κ1) is 13.9.